The minimum Gasteiger partial charge on any atom is -0.444 e. The fourth-order valence-electron chi connectivity index (χ4n) is 1.36. The number of rotatable bonds is 2. The molecule has 1 aliphatic heterocycles. The first-order valence-corrected chi connectivity index (χ1v) is 6.33. The van der Waals surface area contributed by atoms with E-state index >= 15 is 0 Å². The van der Waals surface area contributed by atoms with Gasteiger partial charge >= 0.3 is 0 Å². The van der Waals surface area contributed by atoms with E-state index in [9.17, 15) is 0 Å². The third-order valence-electron chi connectivity index (χ3n) is 2.03. The van der Waals surface area contributed by atoms with Gasteiger partial charge in [0.15, 0.2) is 0 Å². The van der Waals surface area contributed by atoms with Crippen molar-refractivity contribution in [3.05, 3.63) is 41.2 Å². The topological polar surface area (TPSA) is 51.0 Å². The highest BCUT2D eigenvalue weighted by Crippen LogP contribution is 2.31. The Kier molecular flexibility index (Phi) is 2.51. The summed E-state index contributed by atoms with van der Waals surface area (Å²) in [5.74, 6) is 0.611. The standard InChI is InChI=1S/C10H7N3OS2/c1-2-7(13-16-5-1)8-9(15-6-12-8)10-11-3-4-14-10/h1-6,13H. The van der Waals surface area contributed by atoms with Crippen molar-refractivity contribution in [2.75, 3.05) is 0 Å². The molecule has 4 nitrogen and oxygen atoms in total. The molecule has 2 aromatic rings. The van der Waals surface area contributed by atoms with Gasteiger partial charge in [0.25, 0.3) is 0 Å². The van der Waals surface area contributed by atoms with Gasteiger partial charge in [0, 0.05) is 0 Å². The molecule has 0 saturated carbocycles. The van der Waals surface area contributed by atoms with E-state index in [2.05, 4.69) is 14.7 Å². The molecule has 6 heteroatoms. The smallest absolute Gasteiger partial charge is 0.238 e. The molecule has 0 bridgehead atoms. The van der Waals surface area contributed by atoms with E-state index in [1.54, 1.807) is 18.0 Å². The Hall–Kier alpha value is -1.53. The highest BCUT2D eigenvalue weighted by molar-refractivity contribution is 8.00. The quantitative estimate of drug-likeness (QED) is 0.829. The lowest BCUT2D eigenvalue weighted by Crippen LogP contribution is -2.04. The number of thiazole rings is 1. The Labute approximate surface area is 100 Å². The lowest BCUT2D eigenvalue weighted by atomic mass is 10.2. The third-order valence-corrected chi connectivity index (χ3v) is 3.47. The predicted octanol–water partition coefficient (Wildman–Crippen LogP) is 2.90. The second-order valence-electron chi connectivity index (χ2n) is 3.00. The molecule has 3 heterocycles. The Bertz CT molecular complexity index is 542. The van der Waals surface area contributed by atoms with Crippen LogP contribution in [-0.2, 0) is 0 Å². The molecule has 0 radical (unpaired) electrons. The molecule has 80 valence electrons. The van der Waals surface area contributed by atoms with E-state index < -0.39 is 0 Å². The fourth-order valence-corrected chi connectivity index (χ4v) is 2.62. The van der Waals surface area contributed by atoms with Crippen LogP contribution in [0.3, 0.4) is 0 Å². The fraction of sp³-hybridized carbons (Fsp3) is 0. The minimum absolute atomic E-state index is 0.611. The summed E-state index contributed by atoms with van der Waals surface area (Å²) in [6.45, 7) is 0. The summed E-state index contributed by atoms with van der Waals surface area (Å²) >= 11 is 3.04. The maximum absolute atomic E-state index is 5.29. The molecule has 2 aromatic heterocycles. The first kappa shape index (κ1) is 9.68. The molecule has 0 aromatic carbocycles. The lowest BCUT2D eigenvalue weighted by molar-refractivity contribution is 0.576. The van der Waals surface area contributed by atoms with Gasteiger partial charge in [0.2, 0.25) is 5.89 Å². The van der Waals surface area contributed by atoms with Crippen molar-refractivity contribution in [1.82, 2.24) is 14.7 Å². The molecule has 0 atom stereocenters. The van der Waals surface area contributed by atoms with Crippen LogP contribution in [0, 0.1) is 0 Å². The maximum atomic E-state index is 5.29. The normalized spacial score (nSPS) is 14.6. The first-order valence-electron chi connectivity index (χ1n) is 4.57. The van der Waals surface area contributed by atoms with Gasteiger partial charge in [-0.25, -0.2) is 9.97 Å². The number of oxazole rings is 1. The van der Waals surface area contributed by atoms with Gasteiger partial charge in [-0.2, -0.15) is 0 Å². The van der Waals surface area contributed by atoms with Crippen LogP contribution >= 0.6 is 23.3 Å². The maximum Gasteiger partial charge on any atom is 0.238 e. The molecule has 16 heavy (non-hydrogen) atoms. The highest BCUT2D eigenvalue weighted by Gasteiger charge is 2.16. The number of aromatic nitrogens is 2. The van der Waals surface area contributed by atoms with Crippen molar-refractivity contribution in [2.45, 2.75) is 0 Å². The molecule has 1 N–H and O–H groups in total. The van der Waals surface area contributed by atoms with E-state index in [0.717, 1.165) is 16.3 Å². The molecule has 0 aliphatic carbocycles. The molecule has 0 fully saturated rings. The average Bonchev–Trinajstić information content (AvgIpc) is 3.01. The van der Waals surface area contributed by atoms with E-state index in [1.165, 1.54) is 23.3 Å². The summed E-state index contributed by atoms with van der Waals surface area (Å²) in [7, 11) is 0. The van der Waals surface area contributed by atoms with Crippen LogP contribution in [0.1, 0.15) is 5.69 Å². The summed E-state index contributed by atoms with van der Waals surface area (Å²) in [5.41, 5.74) is 3.65. The van der Waals surface area contributed by atoms with E-state index in [4.69, 9.17) is 4.42 Å². The van der Waals surface area contributed by atoms with Crippen LogP contribution in [0.15, 0.2) is 39.9 Å². The number of nitrogens with zero attached hydrogens (tertiary/aromatic N) is 2. The summed E-state index contributed by atoms with van der Waals surface area (Å²) < 4.78 is 8.48. The van der Waals surface area contributed by atoms with Crippen molar-refractivity contribution in [3.8, 4) is 10.8 Å². The van der Waals surface area contributed by atoms with Crippen LogP contribution in [0.4, 0.5) is 0 Å². The van der Waals surface area contributed by atoms with Crippen LogP contribution in [0.2, 0.25) is 0 Å². The number of nitrogens with one attached hydrogen (secondary N) is 1. The Morgan fingerprint density at radius 1 is 1.31 bits per heavy atom. The van der Waals surface area contributed by atoms with Gasteiger partial charge in [0.05, 0.1) is 17.4 Å². The van der Waals surface area contributed by atoms with Gasteiger partial charge in [-0.05, 0) is 23.4 Å². The van der Waals surface area contributed by atoms with Gasteiger partial charge in [-0.1, -0.05) is 6.08 Å². The summed E-state index contributed by atoms with van der Waals surface area (Å²) in [6, 6.07) is 0. The van der Waals surface area contributed by atoms with Crippen LogP contribution in [-0.4, -0.2) is 9.97 Å². The van der Waals surface area contributed by atoms with E-state index in [0.29, 0.717) is 5.89 Å². The van der Waals surface area contributed by atoms with Crippen LogP contribution in [0.25, 0.3) is 16.5 Å². The molecule has 1 aliphatic rings. The Morgan fingerprint density at radius 2 is 2.31 bits per heavy atom. The summed E-state index contributed by atoms with van der Waals surface area (Å²) in [6.07, 6.45) is 7.17. The molecular weight excluding hydrogens is 242 g/mol. The summed E-state index contributed by atoms with van der Waals surface area (Å²) in [5, 5.41) is 1.97. The molecule has 0 amide bonds. The van der Waals surface area contributed by atoms with Gasteiger partial charge in [-0.3, -0.25) is 0 Å². The predicted molar refractivity (Wildman–Crippen MR) is 65.5 cm³/mol. The second-order valence-corrected chi connectivity index (χ2v) is 4.56. The molecule has 3 rings (SSSR count). The average molecular weight is 249 g/mol. The zero-order valence-corrected chi connectivity index (χ0v) is 9.72. The monoisotopic (exact) mass is 249 g/mol. The van der Waals surface area contributed by atoms with Gasteiger partial charge in [0.1, 0.15) is 16.8 Å². The molecular formula is C10H7N3OS2. The SMILES string of the molecule is C1=CSNC(c2ncsc2-c2ncco2)=C1. The summed E-state index contributed by atoms with van der Waals surface area (Å²) in [4.78, 5) is 9.42. The molecule has 0 unspecified atom stereocenters. The molecule has 0 saturated heterocycles. The first-order chi connectivity index (χ1) is 7.95. The molecule has 0 spiro atoms. The Morgan fingerprint density at radius 3 is 3.06 bits per heavy atom. The van der Waals surface area contributed by atoms with Crippen molar-refractivity contribution in [2.24, 2.45) is 0 Å². The van der Waals surface area contributed by atoms with E-state index in [-0.39, 0.29) is 0 Å². The van der Waals surface area contributed by atoms with Crippen molar-refractivity contribution in [3.63, 3.8) is 0 Å². The van der Waals surface area contributed by atoms with Crippen molar-refractivity contribution < 1.29 is 4.42 Å². The minimum atomic E-state index is 0.611. The zero-order valence-electron chi connectivity index (χ0n) is 8.08. The highest BCUT2D eigenvalue weighted by atomic mass is 32.2. The largest absolute Gasteiger partial charge is 0.444 e. The number of allylic oxidation sites excluding steroid dienone is 2. The second kappa shape index (κ2) is 4.15. The number of hydrogen-bond acceptors (Lipinski definition) is 6. The van der Waals surface area contributed by atoms with E-state index in [1.807, 2.05) is 17.6 Å². The Balaban J connectivity index is 2.06. The third kappa shape index (κ3) is 1.66. The zero-order chi connectivity index (χ0) is 10.8. The number of hydrogen-bond donors (Lipinski definition) is 1. The van der Waals surface area contributed by atoms with Crippen LogP contribution in [0.5, 0.6) is 0 Å². The van der Waals surface area contributed by atoms with Crippen LogP contribution < -0.4 is 4.72 Å². The van der Waals surface area contributed by atoms with Crippen molar-refractivity contribution in [1.29, 1.82) is 0 Å². The van der Waals surface area contributed by atoms with Gasteiger partial charge < -0.3 is 9.14 Å². The lowest BCUT2D eigenvalue weighted by Gasteiger charge is -2.09. The van der Waals surface area contributed by atoms with Gasteiger partial charge in [-0.15, -0.1) is 11.3 Å². The van der Waals surface area contributed by atoms with Crippen molar-refractivity contribution >= 4 is 29.0 Å².